The van der Waals surface area contributed by atoms with Gasteiger partial charge in [-0.2, -0.15) is 0 Å². The van der Waals surface area contributed by atoms with Crippen LogP contribution in [0, 0.1) is 0 Å². The lowest BCUT2D eigenvalue weighted by molar-refractivity contribution is 0.0693. The van der Waals surface area contributed by atoms with Crippen LogP contribution in [0.3, 0.4) is 0 Å². The molecular formula is C10H22ClNO2. The van der Waals surface area contributed by atoms with Gasteiger partial charge in [-0.05, 0) is 26.3 Å². The van der Waals surface area contributed by atoms with Crippen LogP contribution in [0.4, 0.5) is 0 Å². The molecule has 0 aromatic carbocycles. The monoisotopic (exact) mass is 223 g/mol. The molecule has 0 aliphatic carbocycles. The van der Waals surface area contributed by atoms with Crippen LogP contribution in [0.25, 0.3) is 0 Å². The Bertz CT molecular complexity index is 114. The molecule has 0 aromatic heterocycles. The van der Waals surface area contributed by atoms with Gasteiger partial charge in [0.15, 0.2) is 0 Å². The summed E-state index contributed by atoms with van der Waals surface area (Å²) in [7, 11) is 1.68. The first-order valence-corrected chi connectivity index (χ1v) is 5.70. The number of ether oxygens (including phenoxy) is 2. The lowest BCUT2D eigenvalue weighted by atomic mass is 10.2. The van der Waals surface area contributed by atoms with E-state index in [-0.39, 0.29) is 0 Å². The smallest absolute Gasteiger partial charge is 0.0700 e. The van der Waals surface area contributed by atoms with Crippen LogP contribution in [-0.4, -0.2) is 45.4 Å². The molecule has 4 heteroatoms. The van der Waals surface area contributed by atoms with E-state index in [9.17, 15) is 0 Å². The highest BCUT2D eigenvalue weighted by molar-refractivity contribution is 6.17. The molecule has 1 atom stereocenters. The van der Waals surface area contributed by atoms with Crippen LogP contribution in [0.1, 0.15) is 19.8 Å². The van der Waals surface area contributed by atoms with Crippen molar-refractivity contribution in [2.75, 3.05) is 39.4 Å². The van der Waals surface area contributed by atoms with Gasteiger partial charge in [0.2, 0.25) is 0 Å². The second-order valence-corrected chi connectivity index (χ2v) is 3.67. The Balaban J connectivity index is 2.98. The predicted molar refractivity (Wildman–Crippen MR) is 60.1 cm³/mol. The van der Waals surface area contributed by atoms with Crippen molar-refractivity contribution in [1.82, 2.24) is 5.32 Å². The zero-order valence-corrected chi connectivity index (χ0v) is 9.98. The molecule has 0 aliphatic rings. The van der Waals surface area contributed by atoms with Crippen molar-refractivity contribution in [3.05, 3.63) is 0 Å². The lowest BCUT2D eigenvalue weighted by Gasteiger charge is -2.11. The van der Waals surface area contributed by atoms with Crippen molar-refractivity contribution in [3.63, 3.8) is 0 Å². The van der Waals surface area contributed by atoms with Crippen molar-refractivity contribution in [1.29, 1.82) is 0 Å². The maximum atomic E-state index is 5.62. The Kier molecular flexibility index (Phi) is 11.4. The van der Waals surface area contributed by atoms with Crippen LogP contribution in [-0.2, 0) is 9.47 Å². The number of halogens is 1. The Labute approximate surface area is 92.1 Å². The molecule has 0 spiro atoms. The van der Waals surface area contributed by atoms with E-state index < -0.39 is 0 Å². The minimum Gasteiger partial charge on any atom is -0.382 e. The molecule has 1 N–H and O–H groups in total. The molecule has 0 fully saturated rings. The average Bonchev–Trinajstić information content (AvgIpc) is 2.17. The second-order valence-electron chi connectivity index (χ2n) is 3.29. The quantitative estimate of drug-likeness (QED) is 0.451. The van der Waals surface area contributed by atoms with Gasteiger partial charge in [0, 0.05) is 25.6 Å². The van der Waals surface area contributed by atoms with E-state index in [4.69, 9.17) is 21.1 Å². The summed E-state index contributed by atoms with van der Waals surface area (Å²) < 4.78 is 10.2. The number of hydrogen-bond acceptors (Lipinski definition) is 3. The third kappa shape index (κ3) is 10.3. The van der Waals surface area contributed by atoms with E-state index in [0.29, 0.717) is 19.3 Å². The fourth-order valence-electron chi connectivity index (χ4n) is 1.03. The van der Waals surface area contributed by atoms with Gasteiger partial charge in [0.05, 0.1) is 13.2 Å². The fraction of sp³-hybridized carbons (Fsp3) is 1.00. The van der Waals surface area contributed by atoms with E-state index in [0.717, 1.165) is 31.9 Å². The number of nitrogens with one attached hydrogen (secondary N) is 1. The molecule has 0 heterocycles. The molecule has 1 unspecified atom stereocenters. The van der Waals surface area contributed by atoms with Crippen LogP contribution < -0.4 is 5.32 Å². The summed E-state index contributed by atoms with van der Waals surface area (Å²) in [5, 5.41) is 3.38. The van der Waals surface area contributed by atoms with Gasteiger partial charge >= 0.3 is 0 Å². The minimum atomic E-state index is 0.506. The molecule has 0 amide bonds. The van der Waals surface area contributed by atoms with E-state index in [1.165, 1.54) is 0 Å². The molecule has 0 radical (unpaired) electrons. The zero-order chi connectivity index (χ0) is 10.6. The molecule has 14 heavy (non-hydrogen) atoms. The summed E-state index contributed by atoms with van der Waals surface area (Å²) >= 11 is 5.62. The third-order valence-corrected chi connectivity index (χ3v) is 2.15. The standard InChI is InChI=1S/C10H22ClNO2/c1-10(4-5-11)12-6-3-7-14-9-8-13-2/h10,12H,3-9H2,1-2H3. The molecule has 86 valence electrons. The summed E-state index contributed by atoms with van der Waals surface area (Å²) in [5.41, 5.74) is 0. The molecule has 0 saturated carbocycles. The normalized spacial score (nSPS) is 13.1. The first kappa shape index (κ1) is 14.2. The predicted octanol–water partition coefficient (Wildman–Crippen LogP) is 1.65. The Morgan fingerprint density at radius 3 is 2.71 bits per heavy atom. The first-order valence-electron chi connectivity index (χ1n) is 5.17. The van der Waals surface area contributed by atoms with Gasteiger partial charge in [-0.25, -0.2) is 0 Å². The van der Waals surface area contributed by atoms with E-state index in [2.05, 4.69) is 12.2 Å². The SMILES string of the molecule is COCCOCCCNC(C)CCCl. The van der Waals surface area contributed by atoms with Crippen molar-refractivity contribution in [2.24, 2.45) is 0 Å². The Hall–Kier alpha value is 0.170. The van der Waals surface area contributed by atoms with Crippen molar-refractivity contribution in [3.8, 4) is 0 Å². The number of methoxy groups -OCH3 is 1. The van der Waals surface area contributed by atoms with Crippen molar-refractivity contribution >= 4 is 11.6 Å². The Morgan fingerprint density at radius 1 is 1.29 bits per heavy atom. The first-order chi connectivity index (χ1) is 6.81. The third-order valence-electron chi connectivity index (χ3n) is 1.93. The topological polar surface area (TPSA) is 30.5 Å². The van der Waals surface area contributed by atoms with Gasteiger partial charge < -0.3 is 14.8 Å². The van der Waals surface area contributed by atoms with Crippen molar-refractivity contribution < 1.29 is 9.47 Å². The molecule has 0 saturated heterocycles. The number of hydrogen-bond donors (Lipinski definition) is 1. The summed E-state index contributed by atoms with van der Waals surface area (Å²) in [6, 6.07) is 0.506. The number of rotatable bonds is 10. The second kappa shape index (κ2) is 11.2. The molecule has 3 nitrogen and oxygen atoms in total. The zero-order valence-electron chi connectivity index (χ0n) is 9.22. The summed E-state index contributed by atoms with van der Waals surface area (Å²) in [5.74, 6) is 0.721. The molecular weight excluding hydrogens is 202 g/mol. The molecule has 0 rings (SSSR count). The van der Waals surface area contributed by atoms with E-state index >= 15 is 0 Å². The molecule has 0 aliphatic heterocycles. The summed E-state index contributed by atoms with van der Waals surface area (Å²) in [4.78, 5) is 0. The lowest BCUT2D eigenvalue weighted by Crippen LogP contribution is -2.28. The number of alkyl halides is 1. The van der Waals surface area contributed by atoms with E-state index in [1.807, 2.05) is 0 Å². The Morgan fingerprint density at radius 2 is 2.07 bits per heavy atom. The van der Waals surface area contributed by atoms with Crippen LogP contribution >= 0.6 is 11.6 Å². The van der Waals surface area contributed by atoms with Gasteiger partial charge in [-0.3, -0.25) is 0 Å². The summed E-state index contributed by atoms with van der Waals surface area (Å²) in [6.45, 7) is 5.30. The van der Waals surface area contributed by atoms with Crippen LogP contribution in [0.2, 0.25) is 0 Å². The maximum absolute atomic E-state index is 5.62. The highest BCUT2D eigenvalue weighted by Gasteiger charge is 1.98. The maximum Gasteiger partial charge on any atom is 0.0700 e. The fourth-order valence-corrected chi connectivity index (χ4v) is 1.36. The largest absolute Gasteiger partial charge is 0.382 e. The highest BCUT2D eigenvalue weighted by Crippen LogP contribution is 1.93. The van der Waals surface area contributed by atoms with Gasteiger partial charge in [0.25, 0.3) is 0 Å². The molecule has 0 bridgehead atoms. The molecule has 0 aromatic rings. The minimum absolute atomic E-state index is 0.506. The van der Waals surface area contributed by atoms with E-state index in [1.54, 1.807) is 7.11 Å². The highest BCUT2D eigenvalue weighted by atomic mass is 35.5. The average molecular weight is 224 g/mol. The van der Waals surface area contributed by atoms with Crippen LogP contribution in [0.15, 0.2) is 0 Å². The van der Waals surface area contributed by atoms with Gasteiger partial charge in [-0.1, -0.05) is 0 Å². The summed E-state index contributed by atoms with van der Waals surface area (Å²) in [6.07, 6.45) is 2.06. The van der Waals surface area contributed by atoms with Crippen molar-refractivity contribution in [2.45, 2.75) is 25.8 Å². The van der Waals surface area contributed by atoms with Gasteiger partial charge in [0.1, 0.15) is 0 Å². The van der Waals surface area contributed by atoms with Gasteiger partial charge in [-0.15, -0.1) is 11.6 Å². The van der Waals surface area contributed by atoms with Crippen LogP contribution in [0.5, 0.6) is 0 Å².